The fraction of sp³-hybridized carbons (Fsp3) is 0.409. The Balaban J connectivity index is 0.00000392. The van der Waals surface area contributed by atoms with Crippen LogP contribution in [0.3, 0.4) is 0 Å². The van der Waals surface area contributed by atoms with Crippen molar-refractivity contribution in [1.29, 1.82) is 0 Å². The number of amides is 1. The number of pyridine rings is 1. The van der Waals surface area contributed by atoms with Crippen LogP contribution in [0.25, 0.3) is 0 Å². The van der Waals surface area contributed by atoms with Crippen molar-refractivity contribution in [3.8, 4) is 5.75 Å². The number of aromatic nitrogens is 1. The molecular weight excluding hydrogens is 356 g/mol. The second-order valence-corrected chi connectivity index (χ2v) is 6.89. The third kappa shape index (κ3) is 5.81. The molecule has 1 N–H and O–H groups in total. The lowest BCUT2D eigenvalue weighted by Gasteiger charge is -2.18. The number of nitrogens with one attached hydrogen (secondary N) is 1. The van der Waals surface area contributed by atoms with Crippen molar-refractivity contribution in [1.82, 2.24) is 5.32 Å². The molecule has 1 amide bonds. The van der Waals surface area contributed by atoms with E-state index in [1.165, 1.54) is 0 Å². The van der Waals surface area contributed by atoms with Crippen molar-refractivity contribution in [2.75, 3.05) is 7.05 Å². The van der Waals surface area contributed by atoms with Gasteiger partial charge in [0.2, 0.25) is 0 Å². The van der Waals surface area contributed by atoms with Crippen LogP contribution in [-0.4, -0.2) is 19.1 Å². The van der Waals surface area contributed by atoms with Crippen molar-refractivity contribution in [3.05, 3.63) is 59.4 Å². The van der Waals surface area contributed by atoms with Gasteiger partial charge in [0, 0.05) is 13.1 Å². The highest BCUT2D eigenvalue weighted by Gasteiger charge is 2.20. The lowest BCUT2D eigenvalue weighted by Crippen LogP contribution is -2.37. The van der Waals surface area contributed by atoms with Gasteiger partial charge in [0.05, 0.1) is 0 Å². The van der Waals surface area contributed by atoms with E-state index in [0.29, 0.717) is 11.3 Å². The summed E-state index contributed by atoms with van der Waals surface area (Å²) in [6, 6.07) is 9.29. The maximum absolute atomic E-state index is 12.3. The van der Waals surface area contributed by atoms with E-state index in [-0.39, 0.29) is 31.9 Å². The summed E-state index contributed by atoms with van der Waals surface area (Å²) in [5.74, 6) is 0.784. The molecule has 6 nitrogen and oxygen atoms in total. The number of ether oxygens (including phenoxy) is 2. The molecular formula is C22H31N2O4+. The van der Waals surface area contributed by atoms with Gasteiger partial charge in [0.15, 0.2) is 12.4 Å². The number of carbonyl (C=O) groups excluding carboxylic acids is 2. The Morgan fingerprint density at radius 2 is 1.64 bits per heavy atom. The van der Waals surface area contributed by atoms with E-state index < -0.39 is 6.16 Å². The molecule has 2 rings (SSSR count). The molecule has 6 heteroatoms. The fourth-order valence-electron chi connectivity index (χ4n) is 2.72. The molecule has 0 fully saturated rings. The van der Waals surface area contributed by atoms with Crippen LogP contribution in [0, 0.1) is 0 Å². The first kappa shape index (κ1) is 23.1. The average molecular weight is 388 g/mol. The number of para-hydroxylation sites is 1. The predicted octanol–water partition coefficient (Wildman–Crippen LogP) is 4.39. The first-order valence-electron chi connectivity index (χ1n) is 9.02. The number of hydrogen-bond donors (Lipinski definition) is 1. The van der Waals surface area contributed by atoms with Crippen molar-refractivity contribution >= 4 is 12.1 Å². The van der Waals surface area contributed by atoms with Crippen LogP contribution in [-0.2, 0) is 11.5 Å². The summed E-state index contributed by atoms with van der Waals surface area (Å²) >= 11 is 0. The highest BCUT2D eigenvalue weighted by Crippen LogP contribution is 2.34. The van der Waals surface area contributed by atoms with Crippen LogP contribution < -0.4 is 14.6 Å². The number of hydrogen-bond acceptors (Lipinski definition) is 4. The zero-order valence-corrected chi connectivity index (χ0v) is 16.5. The molecule has 28 heavy (non-hydrogen) atoms. The Bertz CT molecular complexity index is 790. The van der Waals surface area contributed by atoms with Gasteiger partial charge in [-0.25, -0.2) is 4.79 Å². The van der Waals surface area contributed by atoms with Crippen LogP contribution in [0.2, 0.25) is 0 Å². The second kappa shape index (κ2) is 10.4. The number of carbonyl (C=O) groups is 2. The first-order chi connectivity index (χ1) is 12.8. The van der Waals surface area contributed by atoms with Crippen LogP contribution in [0.1, 0.15) is 68.4 Å². The summed E-state index contributed by atoms with van der Waals surface area (Å²) in [4.78, 5) is 24.0. The third-order valence-corrected chi connectivity index (χ3v) is 4.18. The van der Waals surface area contributed by atoms with E-state index in [2.05, 4.69) is 33.0 Å². The van der Waals surface area contributed by atoms with Gasteiger partial charge in [-0.15, -0.1) is 0 Å². The fourth-order valence-corrected chi connectivity index (χ4v) is 2.72. The Kier molecular flexibility index (Phi) is 8.64. The normalized spacial score (nSPS) is 10.4. The minimum Gasteiger partial charge on any atom is -0.394 e. The molecule has 1 aromatic carbocycles. The summed E-state index contributed by atoms with van der Waals surface area (Å²) in [5.41, 5.74) is 2.41. The lowest BCUT2D eigenvalue weighted by atomic mass is 9.94. The Morgan fingerprint density at radius 3 is 2.18 bits per heavy atom. The van der Waals surface area contributed by atoms with E-state index in [0.717, 1.165) is 11.1 Å². The topological polar surface area (TPSA) is 68.5 Å². The van der Waals surface area contributed by atoms with E-state index >= 15 is 0 Å². The highest BCUT2D eigenvalue weighted by molar-refractivity contribution is 5.93. The molecule has 0 aliphatic rings. The summed E-state index contributed by atoms with van der Waals surface area (Å²) in [6.45, 7) is 8.16. The van der Waals surface area contributed by atoms with Gasteiger partial charge in [0.1, 0.15) is 11.3 Å². The smallest absolute Gasteiger partial charge is 0.394 e. The molecule has 0 aliphatic carbocycles. The molecule has 1 aromatic heterocycles. The van der Waals surface area contributed by atoms with Crippen molar-refractivity contribution in [2.45, 2.75) is 53.7 Å². The molecule has 0 aliphatic heterocycles. The molecule has 0 radical (unpaired) electrons. The Morgan fingerprint density at radius 1 is 1.04 bits per heavy atom. The Hall–Kier alpha value is -2.89. The van der Waals surface area contributed by atoms with Crippen LogP contribution in [0.4, 0.5) is 4.79 Å². The van der Waals surface area contributed by atoms with Gasteiger partial charge in [0.25, 0.3) is 12.6 Å². The summed E-state index contributed by atoms with van der Waals surface area (Å²) in [7, 11) is 1.56. The van der Waals surface area contributed by atoms with Crippen molar-refractivity contribution in [3.63, 3.8) is 0 Å². The van der Waals surface area contributed by atoms with E-state index in [1.807, 2.05) is 18.2 Å². The van der Waals surface area contributed by atoms with E-state index in [1.54, 1.807) is 36.1 Å². The molecule has 0 unspecified atom stereocenters. The molecule has 0 atom stereocenters. The zero-order valence-electron chi connectivity index (χ0n) is 16.5. The van der Waals surface area contributed by atoms with Crippen molar-refractivity contribution < 1.29 is 23.6 Å². The van der Waals surface area contributed by atoms with E-state index in [9.17, 15) is 9.59 Å². The maximum Gasteiger partial charge on any atom is 0.518 e. The zero-order chi connectivity index (χ0) is 20.0. The molecule has 152 valence electrons. The minimum absolute atomic E-state index is 0. The third-order valence-electron chi connectivity index (χ3n) is 4.18. The van der Waals surface area contributed by atoms with Crippen molar-refractivity contribution in [2.24, 2.45) is 0 Å². The summed E-state index contributed by atoms with van der Waals surface area (Å²) in [5, 5.41) is 2.55. The molecule has 1 heterocycles. The van der Waals surface area contributed by atoms with Gasteiger partial charge in [-0.05, 0) is 29.0 Å². The SMILES string of the molecule is C.CNC(=O)c1ccc[n+](COC(=O)Oc2c(C(C)C)cccc2C(C)C)c1. The Labute approximate surface area is 167 Å². The molecule has 0 saturated heterocycles. The minimum atomic E-state index is -0.775. The summed E-state index contributed by atoms with van der Waals surface area (Å²) in [6.07, 6.45) is 2.54. The largest absolute Gasteiger partial charge is 0.518 e. The quantitative estimate of drug-likeness (QED) is 0.453. The van der Waals surface area contributed by atoms with Gasteiger partial charge >= 0.3 is 6.16 Å². The predicted molar refractivity (Wildman–Crippen MR) is 108 cm³/mol. The van der Waals surface area contributed by atoms with Crippen LogP contribution in [0.15, 0.2) is 42.7 Å². The second-order valence-electron chi connectivity index (χ2n) is 6.89. The molecule has 0 spiro atoms. The van der Waals surface area contributed by atoms with Crippen LogP contribution >= 0.6 is 0 Å². The highest BCUT2D eigenvalue weighted by atomic mass is 16.7. The summed E-state index contributed by atoms with van der Waals surface area (Å²) < 4.78 is 12.4. The van der Waals surface area contributed by atoms with Gasteiger partial charge in [-0.1, -0.05) is 53.3 Å². The molecule has 0 saturated carbocycles. The van der Waals surface area contributed by atoms with Crippen LogP contribution in [0.5, 0.6) is 5.75 Å². The number of rotatable bonds is 6. The first-order valence-corrected chi connectivity index (χ1v) is 9.02. The molecule has 0 bridgehead atoms. The lowest BCUT2D eigenvalue weighted by molar-refractivity contribution is -0.727. The van der Waals surface area contributed by atoms with E-state index in [4.69, 9.17) is 9.47 Å². The molecule has 2 aromatic rings. The monoisotopic (exact) mass is 387 g/mol. The maximum atomic E-state index is 12.3. The van der Waals surface area contributed by atoms with Gasteiger partial charge < -0.3 is 14.8 Å². The number of nitrogens with zero attached hydrogens (tertiary/aromatic N) is 1. The van der Waals surface area contributed by atoms with Gasteiger partial charge in [-0.2, -0.15) is 4.57 Å². The number of benzene rings is 1. The standard InChI is InChI=1S/C21H26N2O4.CH4/c1-14(2)17-9-6-10-18(15(3)4)19(17)27-21(25)26-13-23-11-7-8-16(12-23)20(24)22-5;/h6-12,14-15H,13H2,1-5H3;1H4/p+1. The average Bonchev–Trinajstić information content (AvgIpc) is 2.65. The van der Waals surface area contributed by atoms with Gasteiger partial charge in [-0.3, -0.25) is 4.79 Å².